The van der Waals surface area contributed by atoms with Crippen LogP contribution in [0.5, 0.6) is 0 Å². The van der Waals surface area contributed by atoms with Crippen molar-refractivity contribution in [1.82, 2.24) is 14.9 Å². The molecule has 3 nitrogen and oxygen atoms in total. The largest absolute Gasteiger partial charge is 0.336 e. The Morgan fingerprint density at radius 2 is 2.06 bits per heavy atom. The third kappa shape index (κ3) is 2.76. The Hall–Kier alpha value is -1.26. The number of hydrogen-bond acceptors (Lipinski definition) is 3. The highest BCUT2D eigenvalue weighted by molar-refractivity contribution is 7.98. The van der Waals surface area contributed by atoms with Gasteiger partial charge in [-0.1, -0.05) is 19.1 Å². The minimum Gasteiger partial charge on any atom is -0.336 e. The molecule has 1 N–H and O–H groups in total. The number of imidazole rings is 1. The molecule has 1 heterocycles. The first-order valence-corrected chi connectivity index (χ1v) is 7.33. The van der Waals surface area contributed by atoms with Crippen molar-refractivity contribution in [3.8, 4) is 0 Å². The molecule has 0 aliphatic heterocycles. The molecule has 0 spiro atoms. The lowest BCUT2D eigenvalue weighted by Gasteiger charge is -2.18. The Morgan fingerprint density at radius 3 is 2.56 bits per heavy atom. The Kier molecular flexibility index (Phi) is 4.44. The van der Waals surface area contributed by atoms with Gasteiger partial charge in [0.1, 0.15) is 5.82 Å². The molecular formula is C14H19N3S. The molecule has 1 unspecified atom stereocenters. The fourth-order valence-electron chi connectivity index (χ4n) is 2.01. The number of aromatic nitrogens is 2. The lowest BCUT2D eigenvalue weighted by Crippen LogP contribution is -2.24. The third-order valence-corrected chi connectivity index (χ3v) is 3.72. The lowest BCUT2D eigenvalue weighted by molar-refractivity contribution is 0.577. The van der Waals surface area contributed by atoms with Gasteiger partial charge in [0, 0.05) is 24.3 Å². The van der Waals surface area contributed by atoms with Gasteiger partial charge >= 0.3 is 0 Å². The maximum atomic E-state index is 4.45. The van der Waals surface area contributed by atoms with Crippen LogP contribution in [0, 0.1) is 0 Å². The van der Waals surface area contributed by atoms with E-state index in [1.807, 2.05) is 19.4 Å². The molecule has 0 radical (unpaired) electrons. The van der Waals surface area contributed by atoms with E-state index in [4.69, 9.17) is 0 Å². The van der Waals surface area contributed by atoms with Gasteiger partial charge in [-0.05, 0) is 30.5 Å². The van der Waals surface area contributed by atoms with Gasteiger partial charge in [0.25, 0.3) is 0 Å². The first-order chi connectivity index (χ1) is 8.76. The predicted molar refractivity (Wildman–Crippen MR) is 77.0 cm³/mol. The van der Waals surface area contributed by atoms with Gasteiger partial charge in [-0.2, -0.15) is 0 Å². The van der Waals surface area contributed by atoms with E-state index < -0.39 is 0 Å². The number of hydrogen-bond donors (Lipinski definition) is 1. The molecule has 4 heteroatoms. The highest BCUT2D eigenvalue weighted by Crippen LogP contribution is 2.23. The third-order valence-electron chi connectivity index (χ3n) is 2.97. The lowest BCUT2D eigenvalue weighted by atomic mass is 10.1. The van der Waals surface area contributed by atoms with E-state index in [2.05, 4.69) is 52.3 Å². The second kappa shape index (κ2) is 6.07. The minimum atomic E-state index is 0.158. The minimum absolute atomic E-state index is 0.158. The average Bonchev–Trinajstić information content (AvgIpc) is 2.82. The molecule has 2 rings (SSSR count). The van der Waals surface area contributed by atoms with Crippen molar-refractivity contribution in [2.24, 2.45) is 7.05 Å². The summed E-state index contributed by atoms with van der Waals surface area (Å²) in [5.41, 5.74) is 1.25. The Labute approximate surface area is 113 Å². The molecule has 0 aliphatic carbocycles. The van der Waals surface area contributed by atoms with Crippen molar-refractivity contribution in [2.45, 2.75) is 17.9 Å². The Bertz CT molecular complexity index is 490. The van der Waals surface area contributed by atoms with E-state index in [-0.39, 0.29) is 6.04 Å². The van der Waals surface area contributed by atoms with Crippen LogP contribution in [0.3, 0.4) is 0 Å². The highest BCUT2D eigenvalue weighted by atomic mass is 32.2. The van der Waals surface area contributed by atoms with Crippen LogP contribution in [0.15, 0.2) is 41.6 Å². The van der Waals surface area contributed by atoms with E-state index >= 15 is 0 Å². The second-order valence-electron chi connectivity index (χ2n) is 4.16. The Balaban J connectivity index is 2.32. The average molecular weight is 261 g/mol. The molecule has 1 atom stereocenters. The van der Waals surface area contributed by atoms with Gasteiger partial charge in [-0.15, -0.1) is 11.8 Å². The van der Waals surface area contributed by atoms with Crippen LogP contribution in [-0.2, 0) is 7.05 Å². The zero-order valence-electron chi connectivity index (χ0n) is 11.1. The molecule has 0 saturated carbocycles. The fraction of sp³-hybridized carbons (Fsp3) is 0.357. The molecule has 96 valence electrons. The number of nitrogens with zero attached hydrogens (tertiary/aromatic N) is 2. The van der Waals surface area contributed by atoms with Gasteiger partial charge in [0.2, 0.25) is 0 Å². The molecule has 0 saturated heterocycles. The molecule has 18 heavy (non-hydrogen) atoms. The summed E-state index contributed by atoms with van der Waals surface area (Å²) in [6.45, 7) is 3.04. The van der Waals surface area contributed by atoms with E-state index in [0.717, 1.165) is 12.4 Å². The molecule has 1 aromatic heterocycles. The van der Waals surface area contributed by atoms with Crippen molar-refractivity contribution in [2.75, 3.05) is 12.8 Å². The Morgan fingerprint density at radius 1 is 1.33 bits per heavy atom. The molecule has 1 aromatic carbocycles. The predicted octanol–water partition coefficient (Wildman–Crippen LogP) is 2.84. The monoisotopic (exact) mass is 261 g/mol. The van der Waals surface area contributed by atoms with Gasteiger partial charge in [-0.25, -0.2) is 4.98 Å². The summed E-state index contributed by atoms with van der Waals surface area (Å²) in [5.74, 6) is 1.05. The zero-order valence-corrected chi connectivity index (χ0v) is 11.9. The van der Waals surface area contributed by atoms with Crippen LogP contribution in [0.25, 0.3) is 0 Å². The van der Waals surface area contributed by atoms with Crippen LogP contribution < -0.4 is 5.32 Å². The second-order valence-corrected chi connectivity index (χ2v) is 5.04. The normalized spacial score (nSPS) is 12.6. The van der Waals surface area contributed by atoms with Gasteiger partial charge in [0.05, 0.1) is 6.04 Å². The topological polar surface area (TPSA) is 29.9 Å². The van der Waals surface area contributed by atoms with Crippen molar-refractivity contribution in [1.29, 1.82) is 0 Å². The summed E-state index contributed by atoms with van der Waals surface area (Å²) in [6, 6.07) is 8.83. The summed E-state index contributed by atoms with van der Waals surface area (Å²) in [7, 11) is 2.03. The SMILES string of the molecule is CCNC(c1ccc(SC)cc1)c1nccn1C. The van der Waals surface area contributed by atoms with Gasteiger partial charge in [0.15, 0.2) is 0 Å². The van der Waals surface area contributed by atoms with Crippen LogP contribution in [0.4, 0.5) is 0 Å². The van der Waals surface area contributed by atoms with E-state index in [9.17, 15) is 0 Å². The molecule has 0 aliphatic rings. The first-order valence-electron chi connectivity index (χ1n) is 6.10. The van der Waals surface area contributed by atoms with E-state index in [1.54, 1.807) is 11.8 Å². The smallest absolute Gasteiger partial charge is 0.130 e. The van der Waals surface area contributed by atoms with E-state index in [0.29, 0.717) is 0 Å². The van der Waals surface area contributed by atoms with Crippen molar-refractivity contribution in [3.63, 3.8) is 0 Å². The molecule has 0 amide bonds. The first kappa shape index (κ1) is 13.2. The number of aryl methyl sites for hydroxylation is 1. The van der Waals surface area contributed by atoms with E-state index in [1.165, 1.54) is 10.5 Å². The number of benzene rings is 1. The van der Waals surface area contributed by atoms with Gasteiger partial charge < -0.3 is 9.88 Å². The number of nitrogens with one attached hydrogen (secondary N) is 1. The van der Waals surface area contributed by atoms with Crippen molar-refractivity contribution >= 4 is 11.8 Å². The van der Waals surface area contributed by atoms with Crippen LogP contribution in [0.2, 0.25) is 0 Å². The number of rotatable bonds is 5. The van der Waals surface area contributed by atoms with Crippen LogP contribution in [-0.4, -0.2) is 22.4 Å². The van der Waals surface area contributed by atoms with Gasteiger partial charge in [-0.3, -0.25) is 0 Å². The summed E-state index contributed by atoms with van der Waals surface area (Å²) in [6.07, 6.45) is 5.92. The van der Waals surface area contributed by atoms with Crippen LogP contribution >= 0.6 is 11.8 Å². The maximum absolute atomic E-state index is 4.45. The quantitative estimate of drug-likeness (QED) is 0.839. The number of thioether (sulfide) groups is 1. The molecular weight excluding hydrogens is 242 g/mol. The van der Waals surface area contributed by atoms with Crippen molar-refractivity contribution < 1.29 is 0 Å². The maximum Gasteiger partial charge on any atom is 0.130 e. The van der Waals surface area contributed by atoms with Crippen LogP contribution in [0.1, 0.15) is 24.4 Å². The summed E-state index contributed by atoms with van der Waals surface area (Å²) in [4.78, 5) is 5.73. The molecule has 0 bridgehead atoms. The standard InChI is InChI=1S/C14H19N3S/c1-4-15-13(14-16-9-10-17(14)2)11-5-7-12(18-3)8-6-11/h5-10,13,15H,4H2,1-3H3. The molecule has 0 fully saturated rings. The molecule has 2 aromatic rings. The van der Waals surface area contributed by atoms with Crippen molar-refractivity contribution in [3.05, 3.63) is 48.0 Å². The summed E-state index contributed by atoms with van der Waals surface area (Å²) >= 11 is 1.76. The zero-order chi connectivity index (χ0) is 13.0. The fourth-order valence-corrected chi connectivity index (χ4v) is 2.42. The summed E-state index contributed by atoms with van der Waals surface area (Å²) < 4.78 is 2.07. The highest BCUT2D eigenvalue weighted by Gasteiger charge is 2.16. The summed E-state index contributed by atoms with van der Waals surface area (Å²) in [5, 5.41) is 3.49.